The van der Waals surface area contributed by atoms with Gasteiger partial charge < -0.3 is 4.74 Å². The largest absolute Gasteiger partial charge is 0.489 e. The van der Waals surface area contributed by atoms with Gasteiger partial charge in [0.15, 0.2) is 5.82 Å². The highest BCUT2D eigenvalue weighted by molar-refractivity contribution is 7.71. The van der Waals surface area contributed by atoms with E-state index >= 15 is 0 Å². The lowest BCUT2D eigenvalue weighted by atomic mass is 10.2. The fourth-order valence-corrected chi connectivity index (χ4v) is 4.07. The van der Waals surface area contributed by atoms with Gasteiger partial charge in [0, 0.05) is 21.8 Å². The summed E-state index contributed by atoms with van der Waals surface area (Å²) >= 11 is 12.1. The summed E-state index contributed by atoms with van der Waals surface area (Å²) in [5.41, 5.74) is 2.91. The molecule has 33 heavy (non-hydrogen) atoms. The van der Waals surface area contributed by atoms with E-state index in [2.05, 4.69) is 18.7 Å². The Morgan fingerprint density at radius 1 is 0.909 bits per heavy atom. The number of rotatable bonds is 9. The van der Waals surface area contributed by atoms with E-state index in [1.807, 2.05) is 88.1 Å². The van der Waals surface area contributed by atoms with Crippen molar-refractivity contribution in [3.05, 3.63) is 94.2 Å². The number of aromatic nitrogens is 3. The SMILES string of the molecule is CCN(CC)Cn1nc(-c2ccc(OCc3ccccc3Cl)cc2)n(-c2ccccc2)c1=S. The Labute approximate surface area is 204 Å². The van der Waals surface area contributed by atoms with E-state index in [1.54, 1.807) is 0 Å². The Kier molecular flexibility index (Phi) is 7.60. The second-order valence-electron chi connectivity index (χ2n) is 7.63. The molecule has 0 saturated heterocycles. The van der Waals surface area contributed by atoms with Gasteiger partial charge in [-0.05, 0) is 67.8 Å². The van der Waals surface area contributed by atoms with Crippen molar-refractivity contribution >= 4 is 23.8 Å². The zero-order valence-electron chi connectivity index (χ0n) is 18.8. The van der Waals surface area contributed by atoms with Crippen LogP contribution in [0.4, 0.5) is 0 Å². The maximum atomic E-state index is 6.24. The molecule has 170 valence electrons. The van der Waals surface area contributed by atoms with E-state index in [-0.39, 0.29) is 0 Å². The first-order valence-corrected chi connectivity index (χ1v) is 11.8. The molecule has 0 spiro atoms. The van der Waals surface area contributed by atoms with Gasteiger partial charge in [0.25, 0.3) is 0 Å². The minimum absolute atomic E-state index is 0.415. The number of ether oxygens (including phenoxy) is 1. The highest BCUT2D eigenvalue weighted by Gasteiger charge is 2.16. The van der Waals surface area contributed by atoms with Crippen molar-refractivity contribution in [2.24, 2.45) is 0 Å². The lowest BCUT2D eigenvalue weighted by molar-refractivity contribution is 0.227. The molecule has 0 aliphatic carbocycles. The van der Waals surface area contributed by atoms with Crippen LogP contribution in [0.5, 0.6) is 5.75 Å². The molecule has 5 nitrogen and oxygen atoms in total. The maximum Gasteiger partial charge on any atom is 0.204 e. The molecule has 1 heterocycles. The lowest BCUT2D eigenvalue weighted by Crippen LogP contribution is -2.26. The van der Waals surface area contributed by atoms with Gasteiger partial charge in [-0.15, -0.1) is 5.10 Å². The lowest BCUT2D eigenvalue weighted by Gasteiger charge is -2.17. The zero-order chi connectivity index (χ0) is 23.2. The molecule has 4 rings (SSSR count). The van der Waals surface area contributed by atoms with Gasteiger partial charge in [0.2, 0.25) is 4.77 Å². The smallest absolute Gasteiger partial charge is 0.204 e. The molecule has 0 fully saturated rings. The third kappa shape index (κ3) is 5.36. The first-order chi connectivity index (χ1) is 16.1. The van der Waals surface area contributed by atoms with E-state index in [0.717, 1.165) is 41.5 Å². The molecule has 7 heteroatoms. The van der Waals surface area contributed by atoms with Crippen LogP contribution in [0.1, 0.15) is 19.4 Å². The Morgan fingerprint density at radius 2 is 1.58 bits per heavy atom. The molecule has 0 atom stereocenters. The number of hydrogen-bond donors (Lipinski definition) is 0. The summed E-state index contributed by atoms with van der Waals surface area (Å²) in [6, 6.07) is 25.7. The average molecular weight is 479 g/mol. The molecule has 0 aliphatic heterocycles. The van der Waals surface area contributed by atoms with Gasteiger partial charge in [-0.3, -0.25) is 9.47 Å². The fourth-order valence-electron chi connectivity index (χ4n) is 3.59. The second-order valence-corrected chi connectivity index (χ2v) is 8.40. The third-order valence-electron chi connectivity index (χ3n) is 5.55. The van der Waals surface area contributed by atoms with Crippen LogP contribution in [0, 0.1) is 4.77 Å². The Hall–Kier alpha value is -2.93. The molecule has 0 amide bonds. The second kappa shape index (κ2) is 10.8. The molecule has 0 N–H and O–H groups in total. The number of halogens is 1. The summed E-state index contributed by atoms with van der Waals surface area (Å²) in [5.74, 6) is 1.57. The van der Waals surface area contributed by atoms with E-state index in [0.29, 0.717) is 23.1 Å². The maximum absolute atomic E-state index is 6.24. The molecular formula is C26H27ClN4OS. The molecule has 0 aliphatic rings. The highest BCUT2D eigenvalue weighted by Crippen LogP contribution is 2.26. The van der Waals surface area contributed by atoms with E-state index in [1.165, 1.54) is 0 Å². The normalized spacial score (nSPS) is 11.2. The summed E-state index contributed by atoms with van der Waals surface area (Å²) in [4.78, 5) is 2.29. The van der Waals surface area contributed by atoms with Crippen molar-refractivity contribution in [1.82, 2.24) is 19.2 Å². The van der Waals surface area contributed by atoms with Gasteiger partial charge in [0.1, 0.15) is 12.4 Å². The third-order valence-corrected chi connectivity index (χ3v) is 6.31. The van der Waals surface area contributed by atoms with Gasteiger partial charge in [-0.1, -0.05) is 61.8 Å². The Morgan fingerprint density at radius 3 is 2.24 bits per heavy atom. The topological polar surface area (TPSA) is 35.2 Å². The number of benzene rings is 3. The summed E-state index contributed by atoms with van der Waals surface area (Å²) in [6.07, 6.45) is 0. The Bertz CT molecular complexity index is 1250. The minimum Gasteiger partial charge on any atom is -0.489 e. The Balaban J connectivity index is 1.64. The van der Waals surface area contributed by atoms with Crippen LogP contribution in [0.15, 0.2) is 78.9 Å². The van der Waals surface area contributed by atoms with Crippen molar-refractivity contribution in [2.75, 3.05) is 13.1 Å². The predicted molar refractivity (Wildman–Crippen MR) is 137 cm³/mol. The van der Waals surface area contributed by atoms with Crippen LogP contribution < -0.4 is 4.74 Å². The van der Waals surface area contributed by atoms with E-state index in [9.17, 15) is 0 Å². The summed E-state index contributed by atoms with van der Waals surface area (Å²) in [7, 11) is 0. The van der Waals surface area contributed by atoms with Crippen molar-refractivity contribution in [1.29, 1.82) is 0 Å². The van der Waals surface area contributed by atoms with E-state index < -0.39 is 0 Å². The van der Waals surface area contributed by atoms with Crippen LogP contribution in [-0.2, 0) is 13.3 Å². The fraction of sp³-hybridized carbons (Fsp3) is 0.231. The summed E-state index contributed by atoms with van der Waals surface area (Å²) in [6.45, 7) is 7.22. The summed E-state index contributed by atoms with van der Waals surface area (Å²) < 4.78 is 10.5. The first kappa shape index (κ1) is 23.2. The number of para-hydroxylation sites is 1. The van der Waals surface area contributed by atoms with Crippen LogP contribution in [0.3, 0.4) is 0 Å². The summed E-state index contributed by atoms with van der Waals surface area (Å²) in [5, 5.41) is 5.61. The molecule has 0 saturated carbocycles. The number of hydrogen-bond acceptors (Lipinski definition) is 4. The molecule has 0 bridgehead atoms. The molecular weight excluding hydrogens is 452 g/mol. The van der Waals surface area contributed by atoms with Gasteiger partial charge in [-0.2, -0.15) is 0 Å². The molecule has 3 aromatic carbocycles. The molecule has 1 aromatic heterocycles. The van der Waals surface area contributed by atoms with Crippen LogP contribution in [0.25, 0.3) is 17.1 Å². The molecule has 0 radical (unpaired) electrons. The molecule has 0 unspecified atom stereocenters. The van der Waals surface area contributed by atoms with Gasteiger partial charge in [0.05, 0.1) is 6.67 Å². The van der Waals surface area contributed by atoms with Crippen molar-refractivity contribution in [2.45, 2.75) is 27.1 Å². The monoisotopic (exact) mass is 478 g/mol. The first-order valence-electron chi connectivity index (χ1n) is 11.0. The zero-order valence-corrected chi connectivity index (χ0v) is 20.4. The highest BCUT2D eigenvalue weighted by atomic mass is 35.5. The standard InChI is InChI=1S/C26H27ClN4OS/c1-3-29(4-2)19-30-26(33)31(22-11-6-5-7-12-22)25(28-30)20-14-16-23(17-15-20)32-18-21-10-8-9-13-24(21)27/h5-17H,3-4,18-19H2,1-2H3. The molecule has 4 aromatic rings. The van der Waals surface area contributed by atoms with E-state index in [4.69, 9.17) is 33.7 Å². The van der Waals surface area contributed by atoms with Gasteiger partial charge >= 0.3 is 0 Å². The van der Waals surface area contributed by atoms with Crippen molar-refractivity contribution < 1.29 is 4.74 Å². The van der Waals surface area contributed by atoms with Gasteiger partial charge in [-0.25, -0.2) is 4.68 Å². The predicted octanol–water partition coefficient (Wildman–Crippen LogP) is 6.60. The van der Waals surface area contributed by atoms with Crippen molar-refractivity contribution in [3.8, 4) is 22.8 Å². The van der Waals surface area contributed by atoms with Crippen LogP contribution in [-0.4, -0.2) is 32.3 Å². The number of nitrogens with zero attached hydrogens (tertiary/aromatic N) is 4. The van der Waals surface area contributed by atoms with Crippen LogP contribution in [0.2, 0.25) is 5.02 Å². The van der Waals surface area contributed by atoms with Crippen molar-refractivity contribution in [3.63, 3.8) is 0 Å². The minimum atomic E-state index is 0.415. The average Bonchev–Trinajstić information content (AvgIpc) is 3.18. The van der Waals surface area contributed by atoms with Crippen LogP contribution >= 0.6 is 23.8 Å². The quantitative estimate of drug-likeness (QED) is 0.254.